The van der Waals surface area contributed by atoms with Crippen LogP contribution in [0.15, 0.2) is 40.7 Å². The van der Waals surface area contributed by atoms with E-state index in [0.29, 0.717) is 23.6 Å². The number of benzene rings is 1. The standard InChI is InChI=1S/C18H21FN4S.HI/c1-18(2,16-5-4-8-24-16)12-23-17(21-3)22-11-14-9-13(10-20)6-7-15(14)19;/h4-9H,11-12H2,1-3H3,(H2,21,22,23);1H. The fourth-order valence-corrected chi connectivity index (χ4v) is 3.09. The van der Waals surface area contributed by atoms with Crippen molar-refractivity contribution in [1.29, 1.82) is 5.26 Å². The lowest BCUT2D eigenvalue weighted by Gasteiger charge is -2.25. The molecule has 0 aliphatic carbocycles. The molecule has 1 aromatic heterocycles. The second-order valence-electron chi connectivity index (χ2n) is 6.06. The number of thiophene rings is 1. The molecule has 1 aromatic carbocycles. The average molecular weight is 472 g/mol. The summed E-state index contributed by atoms with van der Waals surface area (Å²) in [6.45, 7) is 5.29. The van der Waals surface area contributed by atoms with E-state index in [0.717, 1.165) is 0 Å². The zero-order valence-corrected chi connectivity index (χ0v) is 17.6. The summed E-state index contributed by atoms with van der Waals surface area (Å²) in [6.07, 6.45) is 0. The van der Waals surface area contributed by atoms with Crippen molar-refractivity contribution in [1.82, 2.24) is 10.6 Å². The molecule has 0 aliphatic heterocycles. The highest BCUT2D eigenvalue weighted by Gasteiger charge is 2.21. The first-order valence-electron chi connectivity index (χ1n) is 7.63. The van der Waals surface area contributed by atoms with Gasteiger partial charge in [0.25, 0.3) is 0 Å². The molecule has 0 aliphatic rings. The summed E-state index contributed by atoms with van der Waals surface area (Å²) >= 11 is 1.72. The third-order valence-electron chi connectivity index (χ3n) is 3.73. The van der Waals surface area contributed by atoms with E-state index in [2.05, 4.69) is 40.9 Å². The molecule has 0 saturated heterocycles. The third-order valence-corrected chi connectivity index (χ3v) is 4.97. The van der Waals surface area contributed by atoms with Gasteiger partial charge >= 0.3 is 0 Å². The smallest absolute Gasteiger partial charge is 0.191 e. The number of nitrogens with zero attached hydrogens (tertiary/aromatic N) is 2. The van der Waals surface area contributed by atoms with Crippen LogP contribution in [-0.2, 0) is 12.0 Å². The van der Waals surface area contributed by atoms with Crippen molar-refractivity contribution in [2.24, 2.45) is 4.99 Å². The first-order valence-corrected chi connectivity index (χ1v) is 8.51. The molecule has 0 spiro atoms. The molecular weight excluding hydrogens is 450 g/mol. The molecule has 1 heterocycles. The van der Waals surface area contributed by atoms with Crippen LogP contribution in [-0.4, -0.2) is 19.6 Å². The van der Waals surface area contributed by atoms with E-state index in [-0.39, 0.29) is 41.8 Å². The number of hydrogen-bond acceptors (Lipinski definition) is 3. The molecule has 2 aromatic rings. The monoisotopic (exact) mass is 472 g/mol. The van der Waals surface area contributed by atoms with Crippen molar-refractivity contribution in [2.75, 3.05) is 13.6 Å². The zero-order chi connectivity index (χ0) is 17.6. The van der Waals surface area contributed by atoms with E-state index in [1.165, 1.54) is 17.0 Å². The molecule has 0 unspecified atom stereocenters. The largest absolute Gasteiger partial charge is 0.356 e. The average Bonchev–Trinajstić information content (AvgIpc) is 3.12. The minimum Gasteiger partial charge on any atom is -0.356 e. The van der Waals surface area contributed by atoms with Gasteiger partial charge in [-0.1, -0.05) is 19.9 Å². The summed E-state index contributed by atoms with van der Waals surface area (Å²) in [5.74, 6) is 0.261. The third kappa shape index (κ3) is 5.97. The summed E-state index contributed by atoms with van der Waals surface area (Å²) in [4.78, 5) is 5.46. The molecule has 0 amide bonds. The van der Waals surface area contributed by atoms with Gasteiger partial charge in [-0.05, 0) is 29.6 Å². The number of halogens is 2. The van der Waals surface area contributed by atoms with E-state index >= 15 is 0 Å². The lowest BCUT2D eigenvalue weighted by molar-refractivity contribution is 0.518. The molecule has 0 atom stereocenters. The molecule has 4 nitrogen and oxygen atoms in total. The zero-order valence-electron chi connectivity index (χ0n) is 14.5. The molecule has 0 radical (unpaired) electrons. The number of rotatable bonds is 5. The Hall–Kier alpha value is -1.66. The molecule has 0 fully saturated rings. The van der Waals surface area contributed by atoms with Crippen LogP contribution in [0.5, 0.6) is 0 Å². The summed E-state index contributed by atoms with van der Waals surface area (Å²) in [7, 11) is 1.68. The Morgan fingerprint density at radius 2 is 2.08 bits per heavy atom. The highest BCUT2D eigenvalue weighted by Crippen LogP contribution is 2.26. The van der Waals surface area contributed by atoms with Gasteiger partial charge in [-0.25, -0.2) is 4.39 Å². The first kappa shape index (κ1) is 21.4. The number of nitrogens with one attached hydrogen (secondary N) is 2. The quantitative estimate of drug-likeness (QED) is 0.393. The molecule has 7 heteroatoms. The highest BCUT2D eigenvalue weighted by atomic mass is 127. The molecule has 25 heavy (non-hydrogen) atoms. The summed E-state index contributed by atoms with van der Waals surface area (Å²) in [6, 6.07) is 10.5. The number of guanidine groups is 1. The Morgan fingerprint density at radius 3 is 2.68 bits per heavy atom. The fourth-order valence-electron chi connectivity index (χ4n) is 2.23. The lowest BCUT2D eigenvalue weighted by Crippen LogP contribution is -2.43. The van der Waals surface area contributed by atoms with Gasteiger partial charge in [0.05, 0.1) is 11.6 Å². The molecule has 0 bridgehead atoms. The Morgan fingerprint density at radius 1 is 1.32 bits per heavy atom. The van der Waals surface area contributed by atoms with Gasteiger partial charge in [-0.3, -0.25) is 4.99 Å². The normalized spacial score (nSPS) is 11.4. The van der Waals surface area contributed by atoms with Crippen molar-refractivity contribution in [3.8, 4) is 6.07 Å². The second kappa shape index (κ2) is 9.73. The fraction of sp³-hybridized carbons (Fsp3) is 0.333. The molecule has 0 saturated carbocycles. The van der Waals surface area contributed by atoms with Gasteiger partial charge in [0.15, 0.2) is 5.96 Å². The predicted molar refractivity (Wildman–Crippen MR) is 112 cm³/mol. The van der Waals surface area contributed by atoms with Crippen molar-refractivity contribution in [2.45, 2.75) is 25.8 Å². The van der Waals surface area contributed by atoms with Crippen molar-refractivity contribution in [3.63, 3.8) is 0 Å². The number of nitriles is 1. The molecule has 2 N–H and O–H groups in total. The van der Waals surface area contributed by atoms with Crippen LogP contribution < -0.4 is 10.6 Å². The maximum Gasteiger partial charge on any atom is 0.191 e. The van der Waals surface area contributed by atoms with Gasteiger partial charge in [0.1, 0.15) is 5.82 Å². The van der Waals surface area contributed by atoms with Crippen LogP contribution in [0.3, 0.4) is 0 Å². The Labute approximate surface area is 169 Å². The minimum atomic E-state index is -0.337. The van der Waals surface area contributed by atoms with Crippen LogP contribution >= 0.6 is 35.3 Å². The number of hydrogen-bond donors (Lipinski definition) is 2. The van der Waals surface area contributed by atoms with Crippen LogP contribution in [0.25, 0.3) is 0 Å². The first-order chi connectivity index (χ1) is 11.5. The van der Waals surface area contributed by atoms with Gasteiger partial charge in [-0.15, -0.1) is 35.3 Å². The van der Waals surface area contributed by atoms with E-state index < -0.39 is 0 Å². The predicted octanol–water partition coefficient (Wildman–Crippen LogP) is 4.02. The summed E-state index contributed by atoms with van der Waals surface area (Å²) < 4.78 is 13.8. The van der Waals surface area contributed by atoms with Crippen LogP contribution in [0, 0.1) is 17.1 Å². The lowest BCUT2D eigenvalue weighted by atomic mass is 9.91. The van der Waals surface area contributed by atoms with E-state index in [1.807, 2.05) is 12.1 Å². The van der Waals surface area contributed by atoms with E-state index in [9.17, 15) is 4.39 Å². The molecular formula is C18H22FIN4S. The van der Waals surface area contributed by atoms with Gasteiger partial charge < -0.3 is 10.6 Å². The highest BCUT2D eigenvalue weighted by molar-refractivity contribution is 14.0. The second-order valence-corrected chi connectivity index (χ2v) is 7.01. The van der Waals surface area contributed by atoms with Gasteiger partial charge in [0.2, 0.25) is 0 Å². The summed E-state index contributed by atoms with van der Waals surface area (Å²) in [5.41, 5.74) is 0.849. The maximum absolute atomic E-state index is 13.8. The molecule has 134 valence electrons. The SMILES string of the molecule is CN=C(NCc1cc(C#N)ccc1F)NCC(C)(C)c1cccs1.I. The van der Waals surface area contributed by atoms with E-state index in [1.54, 1.807) is 24.5 Å². The Kier molecular flexibility index (Phi) is 8.32. The van der Waals surface area contributed by atoms with Crippen molar-refractivity contribution in [3.05, 3.63) is 57.5 Å². The van der Waals surface area contributed by atoms with Crippen LogP contribution in [0.2, 0.25) is 0 Å². The van der Waals surface area contributed by atoms with Crippen LogP contribution in [0.1, 0.15) is 29.9 Å². The number of aliphatic imine (C=N–C) groups is 1. The van der Waals surface area contributed by atoms with Gasteiger partial charge in [0, 0.05) is 36.0 Å². The summed E-state index contributed by atoms with van der Waals surface area (Å²) in [5, 5.41) is 17.3. The van der Waals surface area contributed by atoms with E-state index in [4.69, 9.17) is 5.26 Å². The van der Waals surface area contributed by atoms with Crippen molar-refractivity contribution < 1.29 is 4.39 Å². The minimum absolute atomic E-state index is 0. The Bertz CT molecular complexity index is 751. The topological polar surface area (TPSA) is 60.2 Å². The maximum atomic E-state index is 13.8. The van der Waals surface area contributed by atoms with Gasteiger partial charge in [-0.2, -0.15) is 5.26 Å². The van der Waals surface area contributed by atoms with Crippen LogP contribution in [0.4, 0.5) is 4.39 Å². The van der Waals surface area contributed by atoms with Crippen molar-refractivity contribution >= 4 is 41.3 Å². The Balaban J connectivity index is 0.00000312. The molecule has 2 rings (SSSR count).